The summed E-state index contributed by atoms with van der Waals surface area (Å²) in [6.07, 6.45) is 2.05. The van der Waals surface area contributed by atoms with Gasteiger partial charge in [0.05, 0.1) is 0 Å². The van der Waals surface area contributed by atoms with E-state index in [-0.39, 0.29) is 18.3 Å². The van der Waals surface area contributed by atoms with Crippen molar-refractivity contribution in [2.45, 2.75) is 32.7 Å². The number of rotatable bonds is 4. The van der Waals surface area contributed by atoms with E-state index in [2.05, 4.69) is 28.2 Å². The Morgan fingerprint density at radius 2 is 2.25 bits per heavy atom. The first-order valence-corrected chi connectivity index (χ1v) is 7.70. The van der Waals surface area contributed by atoms with Crippen molar-refractivity contribution in [2.24, 2.45) is 0 Å². The van der Waals surface area contributed by atoms with E-state index in [1.807, 2.05) is 30.0 Å². The zero-order chi connectivity index (χ0) is 13.8. The van der Waals surface area contributed by atoms with Crippen LogP contribution in [0.2, 0.25) is 0 Å². The van der Waals surface area contributed by atoms with Gasteiger partial charge in [0, 0.05) is 29.2 Å². The maximum absolute atomic E-state index is 12.8. The van der Waals surface area contributed by atoms with Crippen molar-refractivity contribution in [2.75, 3.05) is 19.6 Å². The molecule has 0 aromatic heterocycles. The van der Waals surface area contributed by atoms with Gasteiger partial charge in [0.2, 0.25) is 0 Å². The molecule has 1 saturated heterocycles. The van der Waals surface area contributed by atoms with Crippen LogP contribution in [-0.4, -0.2) is 36.5 Å². The van der Waals surface area contributed by atoms with E-state index in [0.29, 0.717) is 6.04 Å². The summed E-state index contributed by atoms with van der Waals surface area (Å²) in [5, 5.41) is 3.34. The van der Waals surface area contributed by atoms with Gasteiger partial charge in [0.25, 0.3) is 5.91 Å². The number of carbonyl (C=O) groups excluding carboxylic acids is 1. The Balaban J connectivity index is 0.00000200. The van der Waals surface area contributed by atoms with E-state index in [1.54, 1.807) is 0 Å². The van der Waals surface area contributed by atoms with Gasteiger partial charge in [-0.25, -0.2) is 0 Å². The highest BCUT2D eigenvalue weighted by Crippen LogP contribution is 2.20. The third kappa shape index (κ3) is 3.96. The topological polar surface area (TPSA) is 32.3 Å². The molecule has 1 N–H and O–H groups in total. The summed E-state index contributed by atoms with van der Waals surface area (Å²) in [5.74, 6) is 0.161. The number of hydrogen-bond acceptors (Lipinski definition) is 2. The lowest BCUT2D eigenvalue weighted by atomic mass is 10.1. The van der Waals surface area contributed by atoms with Gasteiger partial charge in [-0.3, -0.25) is 4.79 Å². The third-order valence-corrected chi connectivity index (χ3v) is 4.12. The van der Waals surface area contributed by atoms with E-state index < -0.39 is 0 Å². The predicted molar refractivity (Wildman–Crippen MR) is 88.7 cm³/mol. The highest BCUT2D eigenvalue weighted by Gasteiger charge is 2.27. The molecule has 3 nitrogen and oxygen atoms in total. The standard InChI is InChI=1S/C15H21BrN2O.ClH/c1-3-8-18(13-6-7-17-10-13)15(19)14-9-12(16)5-4-11(14)2;/h4-5,9,13,17H,3,6-8,10H2,1-2H3;1H. The summed E-state index contributed by atoms with van der Waals surface area (Å²) in [4.78, 5) is 14.8. The average molecular weight is 362 g/mol. The van der Waals surface area contributed by atoms with Gasteiger partial charge in [0.15, 0.2) is 0 Å². The van der Waals surface area contributed by atoms with Crippen LogP contribution < -0.4 is 5.32 Å². The zero-order valence-electron chi connectivity index (χ0n) is 12.0. The molecular formula is C15H22BrClN2O. The van der Waals surface area contributed by atoms with Crippen LogP contribution in [0, 0.1) is 6.92 Å². The van der Waals surface area contributed by atoms with Crippen molar-refractivity contribution >= 4 is 34.2 Å². The van der Waals surface area contributed by atoms with Crippen molar-refractivity contribution < 1.29 is 4.79 Å². The molecule has 1 amide bonds. The van der Waals surface area contributed by atoms with Gasteiger partial charge in [-0.2, -0.15) is 0 Å². The molecule has 112 valence electrons. The molecule has 20 heavy (non-hydrogen) atoms. The lowest BCUT2D eigenvalue weighted by Gasteiger charge is -2.29. The van der Waals surface area contributed by atoms with Gasteiger partial charge < -0.3 is 10.2 Å². The molecular weight excluding hydrogens is 340 g/mol. The first-order chi connectivity index (χ1) is 9.13. The second-order valence-electron chi connectivity index (χ2n) is 5.10. The number of benzene rings is 1. The minimum absolute atomic E-state index is 0. The van der Waals surface area contributed by atoms with Crippen molar-refractivity contribution in [1.82, 2.24) is 10.2 Å². The van der Waals surface area contributed by atoms with Crippen molar-refractivity contribution in [3.8, 4) is 0 Å². The Morgan fingerprint density at radius 3 is 2.85 bits per heavy atom. The molecule has 1 atom stereocenters. The predicted octanol–water partition coefficient (Wildman–Crippen LogP) is 3.39. The third-order valence-electron chi connectivity index (χ3n) is 3.63. The van der Waals surface area contributed by atoms with Gasteiger partial charge in [0.1, 0.15) is 0 Å². The molecule has 1 unspecified atom stereocenters. The van der Waals surface area contributed by atoms with Gasteiger partial charge >= 0.3 is 0 Å². The summed E-state index contributed by atoms with van der Waals surface area (Å²) >= 11 is 3.45. The Morgan fingerprint density at radius 1 is 1.50 bits per heavy atom. The number of halogens is 2. The molecule has 1 aliphatic heterocycles. The molecule has 1 aromatic rings. The Bertz CT molecular complexity index is 461. The number of nitrogens with zero attached hydrogens (tertiary/aromatic N) is 1. The van der Waals surface area contributed by atoms with Crippen molar-refractivity contribution in [3.05, 3.63) is 33.8 Å². The second-order valence-corrected chi connectivity index (χ2v) is 6.02. The molecule has 0 bridgehead atoms. The number of amides is 1. The van der Waals surface area contributed by atoms with Crippen LogP contribution in [0.4, 0.5) is 0 Å². The van der Waals surface area contributed by atoms with Crippen LogP contribution in [0.5, 0.6) is 0 Å². The van der Waals surface area contributed by atoms with Crippen LogP contribution >= 0.6 is 28.3 Å². The monoisotopic (exact) mass is 360 g/mol. The number of aryl methyl sites for hydroxylation is 1. The maximum atomic E-state index is 12.8. The second kappa shape index (κ2) is 8.01. The summed E-state index contributed by atoms with van der Waals surface area (Å²) in [5.41, 5.74) is 1.86. The quantitative estimate of drug-likeness (QED) is 0.891. The van der Waals surface area contributed by atoms with Crippen LogP contribution in [0.15, 0.2) is 22.7 Å². The number of carbonyl (C=O) groups is 1. The van der Waals surface area contributed by atoms with Gasteiger partial charge in [-0.1, -0.05) is 28.9 Å². The molecule has 5 heteroatoms. The minimum atomic E-state index is 0. The molecule has 0 spiro atoms. The average Bonchev–Trinajstić information content (AvgIpc) is 2.92. The number of hydrogen-bond donors (Lipinski definition) is 1. The summed E-state index contributed by atoms with van der Waals surface area (Å²) in [7, 11) is 0. The molecule has 0 aliphatic carbocycles. The van der Waals surface area contributed by atoms with Crippen LogP contribution in [-0.2, 0) is 0 Å². The van der Waals surface area contributed by atoms with E-state index >= 15 is 0 Å². The fraction of sp³-hybridized carbons (Fsp3) is 0.533. The summed E-state index contributed by atoms with van der Waals surface area (Å²) in [6.45, 7) is 6.87. The maximum Gasteiger partial charge on any atom is 0.254 e. The Labute approximate surface area is 135 Å². The Hall–Kier alpha value is -0.580. The molecule has 1 heterocycles. The molecule has 1 aliphatic rings. The van der Waals surface area contributed by atoms with Crippen LogP contribution in [0.25, 0.3) is 0 Å². The Kier molecular flexibility index (Phi) is 7.00. The normalized spacial score (nSPS) is 17.6. The number of nitrogens with one attached hydrogen (secondary N) is 1. The lowest BCUT2D eigenvalue weighted by molar-refractivity contribution is 0.0691. The van der Waals surface area contributed by atoms with Crippen molar-refractivity contribution in [3.63, 3.8) is 0 Å². The van der Waals surface area contributed by atoms with E-state index in [4.69, 9.17) is 0 Å². The molecule has 0 radical (unpaired) electrons. The first kappa shape index (κ1) is 17.5. The zero-order valence-corrected chi connectivity index (χ0v) is 14.4. The van der Waals surface area contributed by atoms with E-state index in [1.165, 1.54) is 0 Å². The highest BCUT2D eigenvalue weighted by atomic mass is 79.9. The molecule has 1 fully saturated rings. The summed E-state index contributed by atoms with van der Waals surface area (Å²) in [6, 6.07) is 6.25. The molecule has 2 rings (SSSR count). The van der Waals surface area contributed by atoms with Gasteiger partial charge in [-0.15, -0.1) is 12.4 Å². The first-order valence-electron chi connectivity index (χ1n) is 6.91. The molecule has 1 aromatic carbocycles. The van der Waals surface area contributed by atoms with Crippen molar-refractivity contribution in [1.29, 1.82) is 0 Å². The highest BCUT2D eigenvalue weighted by molar-refractivity contribution is 9.10. The van der Waals surface area contributed by atoms with Crippen LogP contribution in [0.1, 0.15) is 35.7 Å². The van der Waals surface area contributed by atoms with Crippen LogP contribution in [0.3, 0.4) is 0 Å². The fourth-order valence-electron chi connectivity index (χ4n) is 2.58. The molecule has 0 saturated carbocycles. The fourth-order valence-corrected chi connectivity index (χ4v) is 2.94. The summed E-state index contributed by atoms with van der Waals surface area (Å²) < 4.78 is 0.961. The minimum Gasteiger partial charge on any atom is -0.334 e. The van der Waals surface area contributed by atoms with Gasteiger partial charge in [-0.05, 0) is 44.0 Å². The SMILES string of the molecule is CCCN(C(=O)c1cc(Br)ccc1C)C1CCNC1.Cl. The van der Waals surface area contributed by atoms with E-state index in [9.17, 15) is 4.79 Å². The van der Waals surface area contributed by atoms with E-state index in [0.717, 1.165) is 48.1 Å². The lowest BCUT2D eigenvalue weighted by Crippen LogP contribution is -2.42. The smallest absolute Gasteiger partial charge is 0.254 e. The largest absolute Gasteiger partial charge is 0.334 e.